The molecular formula is C16H13F3N2O5. The number of aromatic nitrogens is 1. The highest BCUT2D eigenvalue weighted by molar-refractivity contribution is 5.92. The van der Waals surface area contributed by atoms with E-state index in [9.17, 15) is 27.6 Å². The second kappa shape index (κ2) is 8.60. The van der Waals surface area contributed by atoms with Gasteiger partial charge in [0, 0.05) is 13.1 Å². The average Bonchev–Trinajstić information content (AvgIpc) is 2.54. The van der Waals surface area contributed by atoms with Crippen LogP contribution in [0.2, 0.25) is 0 Å². The summed E-state index contributed by atoms with van der Waals surface area (Å²) in [7, 11) is 0. The number of benzene rings is 1. The quantitative estimate of drug-likeness (QED) is 0.633. The zero-order chi connectivity index (χ0) is 19.9. The maximum absolute atomic E-state index is 12.4. The number of carboxylic acid groups (broad SMARTS) is 1. The van der Waals surface area contributed by atoms with E-state index in [2.05, 4.69) is 9.72 Å². The fraction of sp³-hybridized carbons (Fsp3) is 0.125. The summed E-state index contributed by atoms with van der Waals surface area (Å²) in [4.78, 5) is 35.4. The van der Waals surface area contributed by atoms with Crippen LogP contribution in [-0.2, 0) is 11.0 Å². The minimum atomic E-state index is -4.63. The van der Waals surface area contributed by atoms with Gasteiger partial charge in [-0.2, -0.15) is 13.2 Å². The van der Waals surface area contributed by atoms with E-state index in [0.29, 0.717) is 17.8 Å². The Morgan fingerprint density at radius 3 is 2.19 bits per heavy atom. The molecule has 0 aliphatic heterocycles. The summed E-state index contributed by atoms with van der Waals surface area (Å²) >= 11 is 0. The molecule has 7 nitrogen and oxygen atoms in total. The van der Waals surface area contributed by atoms with Crippen LogP contribution in [0.15, 0.2) is 42.6 Å². The van der Waals surface area contributed by atoms with Crippen LogP contribution in [0, 0.1) is 0 Å². The molecule has 1 aromatic heterocycles. The van der Waals surface area contributed by atoms with Crippen molar-refractivity contribution in [2.75, 3.05) is 0 Å². The number of carbonyl (C=O) groups excluding carboxylic acids is 2. The number of hydrogen-bond donors (Lipinski definition) is 2. The molecule has 1 heterocycles. The monoisotopic (exact) mass is 370 g/mol. The molecule has 0 saturated carbocycles. The Labute approximate surface area is 145 Å². The Morgan fingerprint density at radius 1 is 1.15 bits per heavy atom. The zero-order valence-electron chi connectivity index (χ0n) is 13.3. The number of alkyl halides is 3. The van der Waals surface area contributed by atoms with Crippen molar-refractivity contribution >= 4 is 17.8 Å². The normalized spacial score (nSPS) is 10.3. The van der Waals surface area contributed by atoms with Crippen LogP contribution in [0.5, 0.6) is 5.75 Å². The molecule has 10 heteroatoms. The maximum Gasteiger partial charge on any atom is 0.416 e. The maximum atomic E-state index is 12.4. The Bertz CT molecular complexity index is 807. The molecule has 1 aromatic carbocycles. The number of carboxylic acids is 1. The van der Waals surface area contributed by atoms with Gasteiger partial charge >= 0.3 is 18.1 Å². The lowest BCUT2D eigenvalue weighted by Gasteiger charge is -2.10. The van der Waals surface area contributed by atoms with Gasteiger partial charge in [-0.25, -0.2) is 4.79 Å². The van der Waals surface area contributed by atoms with Gasteiger partial charge in [-0.1, -0.05) is 6.07 Å². The standard InChI is InChI=1S/C10H7F3O4.C6H6N2O/c1-5(14)17-8-4-6(10(11,12)13)2-3-7(8)9(15)16;7-6(9)5-3-1-2-4-8-5/h2-4H,1H3,(H,15,16);1-4H,(H2,7,9). The van der Waals surface area contributed by atoms with Crippen molar-refractivity contribution < 1.29 is 37.4 Å². The number of nitrogens with zero attached hydrogens (tertiary/aromatic N) is 1. The van der Waals surface area contributed by atoms with Crippen molar-refractivity contribution in [3.8, 4) is 5.75 Å². The van der Waals surface area contributed by atoms with E-state index in [1.54, 1.807) is 18.2 Å². The number of carbonyl (C=O) groups is 3. The van der Waals surface area contributed by atoms with E-state index >= 15 is 0 Å². The number of halogens is 3. The van der Waals surface area contributed by atoms with Crippen LogP contribution in [0.25, 0.3) is 0 Å². The largest absolute Gasteiger partial charge is 0.478 e. The van der Waals surface area contributed by atoms with Crippen LogP contribution in [0.1, 0.15) is 33.3 Å². The Kier molecular flexibility index (Phi) is 6.82. The lowest BCUT2D eigenvalue weighted by atomic mass is 10.1. The molecule has 1 amide bonds. The first-order valence-corrected chi connectivity index (χ1v) is 6.86. The predicted molar refractivity (Wildman–Crippen MR) is 82.5 cm³/mol. The summed E-state index contributed by atoms with van der Waals surface area (Å²) in [5.41, 5.74) is 3.62. The van der Waals surface area contributed by atoms with Crippen molar-refractivity contribution in [2.24, 2.45) is 5.73 Å². The number of esters is 1. The van der Waals surface area contributed by atoms with E-state index in [-0.39, 0.29) is 0 Å². The third-order valence-electron chi connectivity index (χ3n) is 2.71. The third kappa shape index (κ3) is 6.23. The molecule has 2 aromatic rings. The molecule has 0 unspecified atom stereocenters. The van der Waals surface area contributed by atoms with Gasteiger partial charge in [-0.3, -0.25) is 14.6 Å². The number of amides is 1. The number of ether oxygens (including phenoxy) is 1. The summed E-state index contributed by atoms with van der Waals surface area (Å²) in [5, 5.41) is 8.70. The molecule has 0 atom stereocenters. The van der Waals surface area contributed by atoms with Crippen molar-refractivity contribution in [2.45, 2.75) is 13.1 Å². The van der Waals surface area contributed by atoms with Gasteiger partial charge in [0.25, 0.3) is 5.91 Å². The van der Waals surface area contributed by atoms with Gasteiger partial charge in [0.15, 0.2) is 0 Å². The second-order valence-electron chi connectivity index (χ2n) is 4.69. The molecule has 0 spiro atoms. The van der Waals surface area contributed by atoms with Crippen LogP contribution in [0.4, 0.5) is 13.2 Å². The molecule has 26 heavy (non-hydrogen) atoms. The van der Waals surface area contributed by atoms with Crippen LogP contribution in [-0.4, -0.2) is 27.9 Å². The molecule has 0 fully saturated rings. The van der Waals surface area contributed by atoms with Crippen LogP contribution >= 0.6 is 0 Å². The summed E-state index contributed by atoms with van der Waals surface area (Å²) < 4.78 is 41.5. The first-order valence-electron chi connectivity index (χ1n) is 6.86. The minimum absolute atomic E-state index is 0.303. The molecule has 138 valence electrons. The van der Waals surface area contributed by atoms with E-state index in [4.69, 9.17) is 10.8 Å². The molecule has 0 bridgehead atoms. The summed E-state index contributed by atoms with van der Waals surface area (Å²) in [6.45, 7) is 0.964. The minimum Gasteiger partial charge on any atom is -0.478 e. The van der Waals surface area contributed by atoms with Gasteiger partial charge < -0.3 is 15.6 Å². The highest BCUT2D eigenvalue weighted by atomic mass is 19.4. The van der Waals surface area contributed by atoms with E-state index < -0.39 is 40.9 Å². The molecule has 0 aliphatic rings. The highest BCUT2D eigenvalue weighted by Gasteiger charge is 2.32. The van der Waals surface area contributed by atoms with Crippen molar-refractivity contribution in [3.05, 3.63) is 59.4 Å². The number of aromatic carboxylic acids is 1. The Balaban J connectivity index is 0.000000314. The number of nitrogens with two attached hydrogens (primary N) is 1. The van der Waals surface area contributed by atoms with Crippen molar-refractivity contribution in [1.29, 1.82) is 0 Å². The molecule has 2 rings (SSSR count). The van der Waals surface area contributed by atoms with E-state index in [1.165, 1.54) is 6.20 Å². The van der Waals surface area contributed by atoms with Crippen LogP contribution in [0.3, 0.4) is 0 Å². The average molecular weight is 370 g/mol. The van der Waals surface area contributed by atoms with Gasteiger partial charge in [0.2, 0.25) is 0 Å². The first kappa shape index (κ1) is 20.6. The fourth-order valence-electron chi connectivity index (χ4n) is 1.62. The number of hydrogen-bond acceptors (Lipinski definition) is 5. The lowest BCUT2D eigenvalue weighted by Crippen LogP contribution is -2.12. The summed E-state index contributed by atoms with van der Waals surface area (Å²) in [6, 6.07) is 6.84. The van der Waals surface area contributed by atoms with Crippen molar-refractivity contribution in [3.63, 3.8) is 0 Å². The molecule has 3 N–H and O–H groups in total. The van der Waals surface area contributed by atoms with Gasteiger partial charge in [0.1, 0.15) is 17.0 Å². The lowest BCUT2D eigenvalue weighted by molar-refractivity contribution is -0.138. The van der Waals surface area contributed by atoms with Gasteiger partial charge in [-0.05, 0) is 30.3 Å². The van der Waals surface area contributed by atoms with Gasteiger partial charge in [0.05, 0.1) is 5.56 Å². The number of primary amides is 1. The summed E-state index contributed by atoms with van der Waals surface area (Å²) in [6.07, 6.45) is -3.11. The Morgan fingerprint density at radius 2 is 1.81 bits per heavy atom. The zero-order valence-corrected chi connectivity index (χ0v) is 13.3. The van der Waals surface area contributed by atoms with Crippen LogP contribution < -0.4 is 10.5 Å². The Hall–Kier alpha value is -3.43. The van der Waals surface area contributed by atoms with Crippen molar-refractivity contribution in [1.82, 2.24) is 4.98 Å². The first-order chi connectivity index (χ1) is 12.0. The van der Waals surface area contributed by atoms with E-state index in [1.807, 2.05) is 0 Å². The highest BCUT2D eigenvalue weighted by Crippen LogP contribution is 2.33. The SMILES string of the molecule is CC(=O)Oc1cc(C(F)(F)F)ccc1C(=O)O.NC(=O)c1ccccn1. The third-order valence-corrected chi connectivity index (χ3v) is 2.71. The molecular weight excluding hydrogens is 357 g/mol. The smallest absolute Gasteiger partial charge is 0.416 e. The predicted octanol–water partition coefficient (Wildman–Crippen LogP) is 2.51. The molecule has 0 radical (unpaired) electrons. The topological polar surface area (TPSA) is 120 Å². The number of rotatable bonds is 3. The fourth-order valence-corrected chi connectivity index (χ4v) is 1.62. The van der Waals surface area contributed by atoms with E-state index in [0.717, 1.165) is 13.0 Å². The summed E-state index contributed by atoms with van der Waals surface area (Å²) in [5.74, 6) is -3.49. The molecule has 0 saturated heterocycles. The molecule has 0 aliphatic carbocycles. The van der Waals surface area contributed by atoms with Gasteiger partial charge in [-0.15, -0.1) is 0 Å². The second-order valence-corrected chi connectivity index (χ2v) is 4.69. The number of pyridine rings is 1.